The van der Waals surface area contributed by atoms with E-state index in [0.717, 1.165) is 16.9 Å². The molecule has 0 heterocycles. The molecule has 0 saturated heterocycles. The summed E-state index contributed by atoms with van der Waals surface area (Å²) in [4.78, 5) is 23.9. The van der Waals surface area contributed by atoms with Crippen molar-refractivity contribution in [3.05, 3.63) is 29.3 Å². The van der Waals surface area contributed by atoms with E-state index in [2.05, 4.69) is 5.32 Å². The summed E-state index contributed by atoms with van der Waals surface area (Å²) in [5.74, 6) is -0.996. The van der Waals surface area contributed by atoms with Crippen molar-refractivity contribution in [2.75, 3.05) is 7.11 Å². The number of rotatable bonds is 7. The first kappa shape index (κ1) is 18.0. The van der Waals surface area contributed by atoms with Gasteiger partial charge in [0.2, 0.25) is 5.91 Å². The molecule has 1 rings (SSSR count). The summed E-state index contributed by atoms with van der Waals surface area (Å²) in [7, 11) is 1.59. The summed E-state index contributed by atoms with van der Waals surface area (Å²) in [5, 5.41) is 12.0. The van der Waals surface area contributed by atoms with Gasteiger partial charge in [0.15, 0.2) is 0 Å². The molecule has 0 fully saturated rings. The van der Waals surface area contributed by atoms with Crippen LogP contribution >= 0.6 is 0 Å². The van der Waals surface area contributed by atoms with Gasteiger partial charge in [-0.3, -0.25) is 4.79 Å². The zero-order chi connectivity index (χ0) is 16.9. The van der Waals surface area contributed by atoms with Crippen molar-refractivity contribution in [2.45, 2.75) is 52.0 Å². The number of carboxylic acids is 1. The molecule has 0 aliphatic rings. The van der Waals surface area contributed by atoms with Crippen molar-refractivity contribution in [1.82, 2.24) is 5.32 Å². The maximum Gasteiger partial charge on any atom is 0.329 e. The number of carbonyl (C=O) groups is 2. The van der Waals surface area contributed by atoms with Gasteiger partial charge < -0.3 is 15.2 Å². The van der Waals surface area contributed by atoms with E-state index in [1.165, 1.54) is 0 Å². The number of carbonyl (C=O) groups excluding carboxylic acids is 1. The first-order valence-corrected chi connectivity index (χ1v) is 7.45. The monoisotopic (exact) mass is 307 g/mol. The molecule has 0 radical (unpaired) electrons. The molecular formula is C17H25NO4. The highest BCUT2D eigenvalue weighted by atomic mass is 16.5. The Morgan fingerprint density at radius 3 is 2.50 bits per heavy atom. The smallest absolute Gasteiger partial charge is 0.329 e. The van der Waals surface area contributed by atoms with E-state index in [0.29, 0.717) is 12.8 Å². The molecule has 2 N–H and O–H groups in total. The van der Waals surface area contributed by atoms with Crippen LogP contribution < -0.4 is 10.1 Å². The van der Waals surface area contributed by atoms with Gasteiger partial charge in [-0.05, 0) is 50.5 Å². The molecule has 1 amide bonds. The lowest BCUT2D eigenvalue weighted by molar-refractivity contribution is -0.147. The first-order valence-electron chi connectivity index (χ1n) is 7.45. The molecule has 0 aliphatic heterocycles. The van der Waals surface area contributed by atoms with Gasteiger partial charge >= 0.3 is 5.97 Å². The van der Waals surface area contributed by atoms with Gasteiger partial charge in [-0.15, -0.1) is 0 Å². The molecule has 0 saturated carbocycles. The number of hydrogen-bond donors (Lipinski definition) is 2. The summed E-state index contributed by atoms with van der Waals surface area (Å²) in [6.45, 7) is 7.12. The predicted octanol–water partition coefficient (Wildman–Crippen LogP) is 2.87. The summed E-state index contributed by atoms with van der Waals surface area (Å²) < 4.78 is 5.16. The molecule has 1 aromatic rings. The zero-order valence-corrected chi connectivity index (χ0v) is 13.9. The minimum atomic E-state index is -1.24. The number of methoxy groups -OCH3 is 1. The quantitative estimate of drug-likeness (QED) is 0.812. The van der Waals surface area contributed by atoms with E-state index >= 15 is 0 Å². The lowest BCUT2D eigenvalue weighted by atomic mass is 9.92. The van der Waals surface area contributed by atoms with Crippen molar-refractivity contribution >= 4 is 11.9 Å². The number of benzene rings is 1. The summed E-state index contributed by atoms with van der Waals surface area (Å²) in [5.41, 5.74) is 0.567. The van der Waals surface area contributed by atoms with E-state index in [9.17, 15) is 14.7 Å². The van der Waals surface area contributed by atoms with Crippen LogP contribution in [0.15, 0.2) is 18.2 Å². The fourth-order valence-corrected chi connectivity index (χ4v) is 2.51. The van der Waals surface area contributed by atoms with Crippen molar-refractivity contribution in [2.24, 2.45) is 0 Å². The van der Waals surface area contributed by atoms with Crippen LogP contribution in [0.5, 0.6) is 5.75 Å². The average molecular weight is 307 g/mol. The van der Waals surface area contributed by atoms with E-state index in [-0.39, 0.29) is 5.91 Å². The molecule has 0 spiro atoms. The third-order valence-electron chi connectivity index (χ3n) is 3.96. The van der Waals surface area contributed by atoms with E-state index < -0.39 is 17.4 Å². The number of carboxylic acid groups (broad SMARTS) is 1. The Labute approximate surface area is 131 Å². The Morgan fingerprint density at radius 2 is 2.05 bits per heavy atom. The molecule has 2 unspecified atom stereocenters. The Balaban J connectivity index is 2.95. The maximum atomic E-state index is 12.4. The van der Waals surface area contributed by atoms with Crippen molar-refractivity contribution in [3.8, 4) is 5.75 Å². The minimum absolute atomic E-state index is 0.286. The third-order valence-corrected chi connectivity index (χ3v) is 3.96. The van der Waals surface area contributed by atoms with Gasteiger partial charge in [0.1, 0.15) is 11.3 Å². The Hall–Kier alpha value is -2.04. The summed E-state index contributed by atoms with van der Waals surface area (Å²) >= 11 is 0. The SMILES string of the molecule is CCCC(C)(NC(=O)C(C)c1ccc(OC)cc1C)C(=O)O. The molecule has 5 nitrogen and oxygen atoms in total. The van der Waals surface area contributed by atoms with Gasteiger partial charge in [0.05, 0.1) is 13.0 Å². The second-order valence-corrected chi connectivity index (χ2v) is 5.82. The number of hydrogen-bond acceptors (Lipinski definition) is 3. The van der Waals surface area contributed by atoms with Crippen LogP contribution in [0.2, 0.25) is 0 Å². The zero-order valence-electron chi connectivity index (χ0n) is 13.9. The largest absolute Gasteiger partial charge is 0.497 e. The van der Waals surface area contributed by atoms with Crippen LogP contribution in [0.1, 0.15) is 50.7 Å². The molecule has 122 valence electrons. The molecule has 2 atom stereocenters. The maximum absolute atomic E-state index is 12.4. The predicted molar refractivity (Wildman–Crippen MR) is 85.2 cm³/mol. The molecule has 5 heteroatoms. The second kappa shape index (κ2) is 7.29. The lowest BCUT2D eigenvalue weighted by Crippen LogP contribution is -2.53. The Kier molecular flexibility index (Phi) is 5.97. The topological polar surface area (TPSA) is 75.6 Å². The number of amides is 1. The first-order chi connectivity index (χ1) is 10.2. The molecular weight excluding hydrogens is 282 g/mol. The van der Waals surface area contributed by atoms with Crippen LogP contribution in [-0.2, 0) is 9.59 Å². The van der Waals surface area contributed by atoms with Crippen molar-refractivity contribution < 1.29 is 19.4 Å². The number of aryl methyl sites for hydroxylation is 1. The third kappa shape index (κ3) is 4.00. The van der Waals surface area contributed by atoms with Gasteiger partial charge in [-0.2, -0.15) is 0 Å². The summed E-state index contributed by atoms with van der Waals surface area (Å²) in [6, 6.07) is 5.51. The molecule has 0 aromatic heterocycles. The van der Waals surface area contributed by atoms with Gasteiger partial charge in [-0.25, -0.2) is 4.79 Å². The van der Waals surface area contributed by atoms with Gasteiger partial charge in [0.25, 0.3) is 0 Å². The molecule has 1 aromatic carbocycles. The second-order valence-electron chi connectivity index (χ2n) is 5.82. The molecule has 0 bridgehead atoms. The number of aliphatic carboxylic acids is 1. The number of ether oxygens (including phenoxy) is 1. The van der Waals surface area contributed by atoms with Crippen molar-refractivity contribution in [1.29, 1.82) is 0 Å². The van der Waals surface area contributed by atoms with Crippen LogP contribution in [0.3, 0.4) is 0 Å². The number of nitrogens with one attached hydrogen (secondary N) is 1. The highest BCUT2D eigenvalue weighted by molar-refractivity contribution is 5.90. The van der Waals surface area contributed by atoms with Crippen LogP contribution in [0.4, 0.5) is 0 Å². The van der Waals surface area contributed by atoms with E-state index in [1.807, 2.05) is 26.0 Å². The van der Waals surface area contributed by atoms with Crippen LogP contribution in [0.25, 0.3) is 0 Å². The van der Waals surface area contributed by atoms with Crippen LogP contribution in [0, 0.1) is 6.92 Å². The minimum Gasteiger partial charge on any atom is -0.497 e. The fraction of sp³-hybridized carbons (Fsp3) is 0.529. The average Bonchev–Trinajstić information content (AvgIpc) is 2.46. The van der Waals surface area contributed by atoms with E-state index in [4.69, 9.17) is 4.74 Å². The molecule has 0 aliphatic carbocycles. The summed E-state index contributed by atoms with van der Waals surface area (Å²) in [6.07, 6.45) is 1.07. The lowest BCUT2D eigenvalue weighted by Gasteiger charge is -2.28. The van der Waals surface area contributed by atoms with Crippen LogP contribution in [-0.4, -0.2) is 29.6 Å². The van der Waals surface area contributed by atoms with E-state index in [1.54, 1.807) is 27.0 Å². The normalized spacial score (nSPS) is 14.8. The molecule has 22 heavy (non-hydrogen) atoms. The highest BCUT2D eigenvalue weighted by Crippen LogP contribution is 2.25. The standard InChI is InChI=1S/C17H25NO4/c1-6-9-17(4,16(20)21)18-15(19)12(3)14-8-7-13(22-5)10-11(14)2/h7-8,10,12H,6,9H2,1-5H3,(H,18,19)(H,20,21). The Bertz CT molecular complexity index is 556. The van der Waals surface area contributed by atoms with Gasteiger partial charge in [0, 0.05) is 0 Å². The fourth-order valence-electron chi connectivity index (χ4n) is 2.51. The highest BCUT2D eigenvalue weighted by Gasteiger charge is 2.35. The van der Waals surface area contributed by atoms with Gasteiger partial charge in [-0.1, -0.05) is 19.4 Å². The Morgan fingerprint density at radius 1 is 1.41 bits per heavy atom. The van der Waals surface area contributed by atoms with Crippen molar-refractivity contribution in [3.63, 3.8) is 0 Å².